The quantitative estimate of drug-likeness (QED) is 0.567. The number of hydrogen-bond donors (Lipinski definition) is 1. The van der Waals surface area contributed by atoms with Crippen LogP contribution in [-0.2, 0) is 11.8 Å². The molecule has 0 spiro atoms. The monoisotopic (exact) mass is 408 g/mol. The summed E-state index contributed by atoms with van der Waals surface area (Å²) in [6, 6.07) is 12.4. The number of nitrogens with zero attached hydrogens (tertiary/aromatic N) is 1. The van der Waals surface area contributed by atoms with E-state index >= 15 is 0 Å². The van der Waals surface area contributed by atoms with Crippen molar-refractivity contribution in [1.82, 2.24) is 0 Å². The fraction of sp³-hybridized carbons (Fsp3) is 0.400. The van der Waals surface area contributed by atoms with Gasteiger partial charge in [0.15, 0.2) is 11.5 Å². The average molecular weight is 409 g/mol. The van der Waals surface area contributed by atoms with Gasteiger partial charge in [0.25, 0.3) is 0 Å². The van der Waals surface area contributed by atoms with E-state index in [2.05, 4.69) is 43.0 Å². The smallest absolute Gasteiger partial charge is 0.161 e. The van der Waals surface area contributed by atoms with Gasteiger partial charge in [-0.25, -0.2) is 0 Å². The topological polar surface area (TPSA) is 54.8 Å². The molecule has 160 valence electrons. The number of hydrogen-bond acceptors (Lipinski definition) is 5. The predicted molar refractivity (Wildman–Crippen MR) is 123 cm³/mol. The molecule has 5 nitrogen and oxygen atoms in total. The van der Waals surface area contributed by atoms with Gasteiger partial charge in [-0.2, -0.15) is 0 Å². The molecule has 30 heavy (non-hydrogen) atoms. The molecule has 0 saturated heterocycles. The van der Waals surface area contributed by atoms with E-state index in [0.717, 1.165) is 41.5 Å². The summed E-state index contributed by atoms with van der Waals surface area (Å²) >= 11 is 0. The van der Waals surface area contributed by atoms with Crippen LogP contribution in [-0.4, -0.2) is 33.1 Å². The molecule has 1 unspecified atom stereocenters. The number of methoxy groups -OCH3 is 1. The van der Waals surface area contributed by atoms with Gasteiger partial charge in [0.1, 0.15) is 5.75 Å². The summed E-state index contributed by atoms with van der Waals surface area (Å²) in [5, 5.41) is 7.75. The van der Waals surface area contributed by atoms with E-state index in [-0.39, 0.29) is 5.41 Å². The molecule has 1 heterocycles. The largest absolute Gasteiger partial charge is 0.497 e. The van der Waals surface area contributed by atoms with E-state index in [0.29, 0.717) is 13.2 Å². The first-order valence-electron chi connectivity index (χ1n) is 10.6. The lowest BCUT2D eigenvalue weighted by molar-refractivity contribution is 0.287. The fourth-order valence-corrected chi connectivity index (χ4v) is 4.38. The SMILES string of the molecule is CCOc1ccc(CC2(C)/C(=C/C=N)N(CC)c3ccc(OC)cc32)cc1OCC. The zero-order valence-corrected chi connectivity index (χ0v) is 18.6. The molecule has 0 aromatic heterocycles. The maximum absolute atomic E-state index is 7.75. The average Bonchev–Trinajstić information content (AvgIpc) is 2.97. The van der Waals surface area contributed by atoms with Crippen molar-refractivity contribution in [2.75, 3.05) is 31.8 Å². The third-order valence-corrected chi connectivity index (χ3v) is 5.67. The van der Waals surface area contributed by atoms with E-state index in [9.17, 15) is 0 Å². The zero-order valence-electron chi connectivity index (χ0n) is 18.6. The van der Waals surface area contributed by atoms with Crippen LogP contribution < -0.4 is 19.1 Å². The lowest BCUT2D eigenvalue weighted by Gasteiger charge is -2.30. The molecular formula is C25H32N2O3. The number of fused-ring (bicyclic) bond motifs is 1. The molecule has 0 amide bonds. The van der Waals surface area contributed by atoms with E-state index in [1.54, 1.807) is 7.11 Å². The predicted octanol–water partition coefficient (Wildman–Crippen LogP) is 5.37. The Labute approximate surface area is 179 Å². The second kappa shape index (κ2) is 9.24. The van der Waals surface area contributed by atoms with Gasteiger partial charge in [-0.3, -0.25) is 0 Å². The highest BCUT2D eigenvalue weighted by Crippen LogP contribution is 2.50. The van der Waals surface area contributed by atoms with Crippen LogP contribution in [0.2, 0.25) is 0 Å². The van der Waals surface area contributed by atoms with Crippen molar-refractivity contribution in [2.24, 2.45) is 0 Å². The van der Waals surface area contributed by atoms with Gasteiger partial charge in [0, 0.05) is 29.6 Å². The Kier molecular flexibility index (Phi) is 6.70. The summed E-state index contributed by atoms with van der Waals surface area (Å²) < 4.78 is 17.1. The molecule has 0 saturated carbocycles. The number of ether oxygens (including phenoxy) is 3. The number of likely N-dealkylation sites (N-methyl/N-ethyl adjacent to an activating group) is 1. The van der Waals surface area contributed by atoms with Crippen molar-refractivity contribution in [3.63, 3.8) is 0 Å². The third kappa shape index (κ3) is 3.89. The minimum absolute atomic E-state index is 0.298. The Morgan fingerprint density at radius 1 is 1.00 bits per heavy atom. The lowest BCUT2D eigenvalue weighted by Crippen LogP contribution is -2.30. The maximum Gasteiger partial charge on any atom is 0.161 e. The van der Waals surface area contributed by atoms with Crippen LogP contribution in [0.4, 0.5) is 5.69 Å². The zero-order chi connectivity index (χ0) is 21.7. The van der Waals surface area contributed by atoms with Crippen molar-refractivity contribution >= 4 is 11.9 Å². The molecule has 5 heteroatoms. The standard InChI is InChI=1S/C25H32N2O3/c1-6-27-21-11-10-19(28-5)16-20(21)25(4,24(27)13-14-26)17-18-9-12-22(29-7-2)23(15-18)30-8-3/h9-16,26H,6-8,17H2,1-5H3/b24-13-,26-14?. The molecule has 1 aliphatic heterocycles. The summed E-state index contributed by atoms with van der Waals surface area (Å²) in [5.41, 5.74) is 4.37. The van der Waals surface area contributed by atoms with Crippen LogP contribution in [0, 0.1) is 5.41 Å². The summed E-state index contributed by atoms with van der Waals surface area (Å²) in [5.74, 6) is 2.38. The Hall–Kier alpha value is -2.95. The van der Waals surface area contributed by atoms with Crippen LogP contribution in [0.3, 0.4) is 0 Å². The van der Waals surface area contributed by atoms with Gasteiger partial charge < -0.3 is 24.5 Å². The molecule has 0 radical (unpaired) electrons. The van der Waals surface area contributed by atoms with Gasteiger partial charge in [0.05, 0.1) is 20.3 Å². The first kappa shape index (κ1) is 21.8. The van der Waals surface area contributed by atoms with Crippen LogP contribution in [0.5, 0.6) is 17.2 Å². The van der Waals surface area contributed by atoms with Crippen molar-refractivity contribution in [2.45, 2.75) is 39.5 Å². The number of nitrogens with one attached hydrogen (secondary N) is 1. The van der Waals surface area contributed by atoms with Crippen LogP contribution in [0.25, 0.3) is 0 Å². The molecule has 1 aliphatic rings. The van der Waals surface area contributed by atoms with Gasteiger partial charge in [-0.15, -0.1) is 0 Å². The normalized spacial score (nSPS) is 19.0. The van der Waals surface area contributed by atoms with Gasteiger partial charge in [-0.05, 0) is 81.7 Å². The molecule has 0 bridgehead atoms. The van der Waals surface area contributed by atoms with Gasteiger partial charge >= 0.3 is 0 Å². The third-order valence-electron chi connectivity index (χ3n) is 5.67. The number of anilines is 1. The Balaban J connectivity index is 2.10. The van der Waals surface area contributed by atoms with E-state index in [1.807, 2.05) is 32.1 Å². The summed E-state index contributed by atoms with van der Waals surface area (Å²) in [6.07, 6.45) is 4.06. The molecule has 2 aromatic carbocycles. The van der Waals surface area contributed by atoms with Crippen molar-refractivity contribution in [1.29, 1.82) is 5.41 Å². The molecular weight excluding hydrogens is 376 g/mol. The van der Waals surface area contributed by atoms with Crippen LogP contribution >= 0.6 is 0 Å². The lowest BCUT2D eigenvalue weighted by atomic mass is 9.76. The Bertz CT molecular complexity index is 938. The molecule has 0 fully saturated rings. The summed E-state index contributed by atoms with van der Waals surface area (Å²) in [6.45, 7) is 10.4. The van der Waals surface area contributed by atoms with Crippen LogP contribution in [0.1, 0.15) is 38.8 Å². The van der Waals surface area contributed by atoms with Crippen molar-refractivity contribution in [3.8, 4) is 17.2 Å². The van der Waals surface area contributed by atoms with Gasteiger partial charge in [0.2, 0.25) is 0 Å². The minimum atomic E-state index is -0.298. The first-order valence-corrected chi connectivity index (χ1v) is 10.6. The summed E-state index contributed by atoms with van der Waals surface area (Å²) in [7, 11) is 1.70. The van der Waals surface area contributed by atoms with Crippen molar-refractivity contribution in [3.05, 3.63) is 59.3 Å². The Morgan fingerprint density at radius 3 is 2.37 bits per heavy atom. The van der Waals surface area contributed by atoms with E-state index in [1.165, 1.54) is 17.5 Å². The summed E-state index contributed by atoms with van der Waals surface area (Å²) in [4.78, 5) is 2.29. The fourth-order valence-electron chi connectivity index (χ4n) is 4.38. The highest BCUT2D eigenvalue weighted by atomic mass is 16.5. The van der Waals surface area contributed by atoms with E-state index < -0.39 is 0 Å². The number of benzene rings is 2. The molecule has 1 N–H and O–H groups in total. The first-order chi connectivity index (χ1) is 14.5. The van der Waals surface area contributed by atoms with Crippen molar-refractivity contribution < 1.29 is 14.2 Å². The second-order valence-corrected chi connectivity index (χ2v) is 7.50. The highest BCUT2D eigenvalue weighted by Gasteiger charge is 2.43. The highest BCUT2D eigenvalue weighted by molar-refractivity contribution is 5.79. The van der Waals surface area contributed by atoms with E-state index in [4.69, 9.17) is 19.6 Å². The molecule has 2 aromatic rings. The minimum Gasteiger partial charge on any atom is -0.497 e. The molecule has 1 atom stereocenters. The number of rotatable bonds is 9. The Morgan fingerprint density at radius 2 is 1.73 bits per heavy atom. The second-order valence-electron chi connectivity index (χ2n) is 7.50. The maximum atomic E-state index is 7.75. The molecule has 3 rings (SSSR count). The van der Waals surface area contributed by atoms with Gasteiger partial charge in [-0.1, -0.05) is 6.07 Å². The van der Waals surface area contributed by atoms with Crippen LogP contribution in [0.15, 0.2) is 48.2 Å². The molecule has 0 aliphatic carbocycles. The number of allylic oxidation sites excluding steroid dienone is 2.